The number of Topliss-reactive ketones (excluding diaryl/α,β-unsaturated/α-hetero) is 1. The summed E-state index contributed by atoms with van der Waals surface area (Å²) >= 11 is 6.09. The van der Waals surface area contributed by atoms with E-state index in [9.17, 15) is 4.79 Å². The van der Waals surface area contributed by atoms with Crippen molar-refractivity contribution in [2.24, 2.45) is 0 Å². The van der Waals surface area contributed by atoms with Gasteiger partial charge in [-0.1, -0.05) is 11.6 Å². The number of rotatable bonds is 1. The zero-order chi connectivity index (χ0) is 9.59. The van der Waals surface area contributed by atoms with E-state index in [2.05, 4.69) is 4.57 Å². The molecule has 1 aromatic rings. The van der Waals surface area contributed by atoms with Gasteiger partial charge in [-0.05, 0) is 25.3 Å². The van der Waals surface area contributed by atoms with Crippen molar-refractivity contribution in [3.8, 4) is 0 Å². The second-order valence-corrected chi connectivity index (χ2v) is 3.92. The largest absolute Gasteiger partial charge is 0.341 e. The molecule has 0 aliphatic carbocycles. The van der Waals surface area contributed by atoms with E-state index in [4.69, 9.17) is 11.6 Å². The number of ketones is 1. The van der Waals surface area contributed by atoms with Crippen molar-refractivity contribution < 1.29 is 4.79 Å². The minimum absolute atomic E-state index is 0.0706. The lowest BCUT2D eigenvalue weighted by atomic mass is 10.2. The molecule has 13 heavy (non-hydrogen) atoms. The molecule has 0 atom stereocenters. The second kappa shape index (κ2) is 2.88. The van der Waals surface area contributed by atoms with Crippen LogP contribution >= 0.6 is 11.6 Å². The van der Waals surface area contributed by atoms with Crippen LogP contribution in [0.4, 0.5) is 0 Å². The summed E-state index contributed by atoms with van der Waals surface area (Å²) in [4.78, 5) is 11.3. The summed E-state index contributed by atoms with van der Waals surface area (Å²) in [5.74, 6) is 0.0706. The third-order valence-electron chi connectivity index (χ3n) is 2.69. The molecule has 0 unspecified atom stereocenters. The fraction of sp³-hybridized carbons (Fsp3) is 0.500. The molecular formula is C10H12ClNO. The van der Waals surface area contributed by atoms with E-state index in [-0.39, 0.29) is 5.78 Å². The van der Waals surface area contributed by atoms with Gasteiger partial charge in [-0.15, -0.1) is 0 Å². The summed E-state index contributed by atoms with van der Waals surface area (Å²) in [6.07, 6.45) is 2.19. The highest BCUT2D eigenvalue weighted by molar-refractivity contribution is 6.34. The number of carbonyl (C=O) groups excluding carboxylic acids is 1. The van der Waals surface area contributed by atoms with Crippen molar-refractivity contribution in [1.29, 1.82) is 0 Å². The van der Waals surface area contributed by atoms with Gasteiger partial charge in [-0.3, -0.25) is 4.79 Å². The Kier molecular flexibility index (Phi) is 1.95. The maximum Gasteiger partial charge on any atom is 0.177 e. The number of hydrogen-bond donors (Lipinski definition) is 0. The van der Waals surface area contributed by atoms with Crippen LogP contribution in [-0.2, 0) is 13.0 Å². The number of nitrogens with zero attached hydrogens (tertiary/aromatic N) is 1. The van der Waals surface area contributed by atoms with Crippen molar-refractivity contribution in [3.63, 3.8) is 0 Å². The molecule has 70 valence electrons. The molecular weight excluding hydrogens is 186 g/mol. The van der Waals surface area contributed by atoms with Crippen LogP contribution in [0.25, 0.3) is 0 Å². The Balaban J connectivity index is 2.68. The average molecular weight is 198 g/mol. The molecule has 1 aromatic heterocycles. The predicted octanol–water partition coefficient (Wildman–Crippen LogP) is 2.60. The summed E-state index contributed by atoms with van der Waals surface area (Å²) in [7, 11) is 0. The van der Waals surface area contributed by atoms with Crippen LogP contribution in [0.3, 0.4) is 0 Å². The maximum atomic E-state index is 11.3. The standard InChI is InChI=1S/C10H12ClNO/c1-6-8-4-3-5-12(8)10(7(2)13)9(6)11/h3-5H2,1-2H3. The topological polar surface area (TPSA) is 22.0 Å². The Labute approximate surface area is 82.5 Å². The third kappa shape index (κ3) is 1.12. The van der Waals surface area contributed by atoms with Crippen molar-refractivity contribution >= 4 is 17.4 Å². The molecule has 0 spiro atoms. The van der Waals surface area contributed by atoms with Crippen LogP contribution in [0.15, 0.2) is 0 Å². The SMILES string of the molecule is CC(=O)c1c(Cl)c(C)c2n1CCC2. The number of halogens is 1. The molecule has 2 heterocycles. The highest BCUT2D eigenvalue weighted by Crippen LogP contribution is 2.32. The van der Waals surface area contributed by atoms with Gasteiger partial charge in [-0.2, -0.15) is 0 Å². The summed E-state index contributed by atoms with van der Waals surface area (Å²) in [5.41, 5.74) is 3.03. The molecule has 0 saturated carbocycles. The molecule has 0 bridgehead atoms. The zero-order valence-electron chi connectivity index (χ0n) is 7.85. The van der Waals surface area contributed by atoms with Gasteiger partial charge in [0.1, 0.15) is 5.69 Å². The van der Waals surface area contributed by atoms with Crippen molar-refractivity contribution in [3.05, 3.63) is 22.0 Å². The van der Waals surface area contributed by atoms with Gasteiger partial charge in [-0.25, -0.2) is 0 Å². The Morgan fingerprint density at radius 3 is 2.85 bits per heavy atom. The fourth-order valence-corrected chi connectivity index (χ4v) is 2.42. The van der Waals surface area contributed by atoms with E-state index in [0.717, 1.165) is 24.9 Å². The highest BCUT2D eigenvalue weighted by atomic mass is 35.5. The molecule has 1 aliphatic rings. The molecule has 0 aromatic carbocycles. The summed E-state index contributed by atoms with van der Waals surface area (Å²) in [6, 6.07) is 0. The first-order chi connectivity index (χ1) is 6.13. The Hall–Kier alpha value is -0.760. The monoisotopic (exact) mass is 197 g/mol. The van der Waals surface area contributed by atoms with Crippen LogP contribution in [0.5, 0.6) is 0 Å². The Morgan fingerprint density at radius 1 is 1.54 bits per heavy atom. The quantitative estimate of drug-likeness (QED) is 0.635. The highest BCUT2D eigenvalue weighted by Gasteiger charge is 2.24. The van der Waals surface area contributed by atoms with E-state index >= 15 is 0 Å². The van der Waals surface area contributed by atoms with Gasteiger partial charge >= 0.3 is 0 Å². The second-order valence-electron chi connectivity index (χ2n) is 3.55. The van der Waals surface area contributed by atoms with Gasteiger partial charge in [0, 0.05) is 19.2 Å². The fourth-order valence-electron chi connectivity index (χ4n) is 2.08. The smallest absolute Gasteiger partial charge is 0.177 e. The van der Waals surface area contributed by atoms with Crippen molar-refractivity contribution in [2.45, 2.75) is 33.2 Å². The lowest BCUT2D eigenvalue weighted by molar-refractivity contribution is 0.100. The minimum Gasteiger partial charge on any atom is -0.341 e. The van der Waals surface area contributed by atoms with Crippen LogP contribution in [-0.4, -0.2) is 10.4 Å². The number of hydrogen-bond acceptors (Lipinski definition) is 1. The van der Waals surface area contributed by atoms with Crippen molar-refractivity contribution in [1.82, 2.24) is 4.57 Å². The van der Waals surface area contributed by atoms with Crippen LogP contribution in [0, 0.1) is 6.92 Å². The van der Waals surface area contributed by atoms with E-state index in [0.29, 0.717) is 10.7 Å². The first-order valence-corrected chi connectivity index (χ1v) is 4.89. The predicted molar refractivity (Wildman–Crippen MR) is 52.5 cm³/mol. The van der Waals surface area contributed by atoms with Crippen LogP contribution < -0.4 is 0 Å². The van der Waals surface area contributed by atoms with Crippen LogP contribution in [0.1, 0.15) is 35.1 Å². The van der Waals surface area contributed by atoms with Gasteiger partial charge < -0.3 is 4.57 Å². The number of carbonyl (C=O) groups is 1. The molecule has 1 aliphatic heterocycles. The summed E-state index contributed by atoms with van der Waals surface area (Å²) in [6.45, 7) is 4.51. The number of aromatic nitrogens is 1. The molecule has 2 rings (SSSR count). The average Bonchev–Trinajstić information content (AvgIpc) is 2.57. The van der Waals surface area contributed by atoms with E-state index in [1.165, 1.54) is 5.69 Å². The van der Waals surface area contributed by atoms with E-state index in [1.54, 1.807) is 6.92 Å². The minimum atomic E-state index is 0.0706. The van der Waals surface area contributed by atoms with E-state index in [1.807, 2.05) is 6.92 Å². The molecule has 2 nitrogen and oxygen atoms in total. The van der Waals surface area contributed by atoms with Gasteiger partial charge in [0.25, 0.3) is 0 Å². The zero-order valence-corrected chi connectivity index (χ0v) is 8.61. The maximum absolute atomic E-state index is 11.3. The molecule has 0 fully saturated rings. The van der Waals surface area contributed by atoms with Gasteiger partial charge in [0.2, 0.25) is 0 Å². The Bertz CT molecular complexity index is 379. The summed E-state index contributed by atoms with van der Waals surface area (Å²) < 4.78 is 2.07. The molecule has 0 amide bonds. The van der Waals surface area contributed by atoms with Crippen LogP contribution in [0.2, 0.25) is 5.02 Å². The molecule has 0 radical (unpaired) electrons. The lowest BCUT2D eigenvalue weighted by Crippen LogP contribution is -2.04. The van der Waals surface area contributed by atoms with E-state index < -0.39 is 0 Å². The van der Waals surface area contributed by atoms with Crippen molar-refractivity contribution in [2.75, 3.05) is 0 Å². The summed E-state index contributed by atoms with van der Waals surface area (Å²) in [5, 5.41) is 0.655. The third-order valence-corrected chi connectivity index (χ3v) is 3.16. The van der Waals surface area contributed by atoms with Gasteiger partial charge in [0.05, 0.1) is 5.02 Å². The molecule has 0 N–H and O–H groups in total. The normalized spacial score (nSPS) is 14.7. The Morgan fingerprint density at radius 2 is 2.23 bits per heavy atom. The first kappa shape index (κ1) is 8.82. The lowest BCUT2D eigenvalue weighted by Gasteiger charge is -2.01. The first-order valence-electron chi connectivity index (χ1n) is 4.51. The molecule has 0 saturated heterocycles. The van der Waals surface area contributed by atoms with Gasteiger partial charge in [0.15, 0.2) is 5.78 Å². The molecule has 3 heteroatoms. The number of fused-ring (bicyclic) bond motifs is 1.